The molecule has 1 saturated carbocycles. The summed E-state index contributed by atoms with van der Waals surface area (Å²) in [4.78, 5) is 13.9. The molecule has 0 spiro atoms. The molecule has 0 unspecified atom stereocenters. The average Bonchev–Trinajstić information content (AvgIpc) is 2.92. The summed E-state index contributed by atoms with van der Waals surface area (Å²) in [5.74, 6) is 0.847. The summed E-state index contributed by atoms with van der Waals surface area (Å²) in [6.45, 7) is 1.57. The maximum atomic E-state index is 11.8. The van der Waals surface area contributed by atoms with Crippen LogP contribution in [-0.4, -0.2) is 26.0 Å². The van der Waals surface area contributed by atoms with Gasteiger partial charge in [0.2, 0.25) is 5.91 Å². The summed E-state index contributed by atoms with van der Waals surface area (Å²) in [7, 11) is 2.05. The van der Waals surface area contributed by atoms with Crippen LogP contribution in [0.3, 0.4) is 0 Å². The van der Waals surface area contributed by atoms with E-state index in [0.717, 1.165) is 19.5 Å². The van der Waals surface area contributed by atoms with Crippen molar-refractivity contribution in [2.45, 2.75) is 32.1 Å². The predicted molar refractivity (Wildman–Crippen MR) is 79.3 cm³/mol. The molecule has 3 nitrogen and oxygen atoms in total. The first-order valence-corrected chi connectivity index (χ1v) is 7.28. The zero-order chi connectivity index (χ0) is 13.5. The van der Waals surface area contributed by atoms with E-state index in [2.05, 4.69) is 29.4 Å². The van der Waals surface area contributed by atoms with Crippen LogP contribution < -0.4 is 10.2 Å². The first-order valence-electron chi connectivity index (χ1n) is 7.28. The first-order chi connectivity index (χ1) is 9.25. The number of likely N-dealkylation sites (N-methyl/N-ethyl adjacent to an activating group) is 1. The number of nitrogens with one attached hydrogen (secondary N) is 1. The fourth-order valence-electron chi connectivity index (χ4n) is 2.72. The lowest BCUT2D eigenvalue weighted by molar-refractivity contribution is -0.121. The maximum absolute atomic E-state index is 11.8. The molecule has 2 rings (SSSR count). The van der Waals surface area contributed by atoms with Crippen LogP contribution in [0, 0.1) is 5.92 Å². The zero-order valence-electron chi connectivity index (χ0n) is 11.8. The first kappa shape index (κ1) is 13.9. The van der Waals surface area contributed by atoms with Gasteiger partial charge in [-0.25, -0.2) is 0 Å². The Bertz CT molecular complexity index is 385. The molecule has 1 aliphatic rings. The normalized spacial score (nSPS) is 15.4. The van der Waals surface area contributed by atoms with Gasteiger partial charge in [-0.15, -0.1) is 0 Å². The third-order valence-corrected chi connectivity index (χ3v) is 3.92. The van der Waals surface area contributed by atoms with Gasteiger partial charge in [-0.3, -0.25) is 4.79 Å². The molecule has 1 fully saturated rings. The number of amides is 1. The molecule has 0 aliphatic heterocycles. The standard InChI is InChI=1S/C16H24N2O/c1-18(15-9-3-2-4-10-15)12-11-17-16(19)13-14-7-5-6-8-14/h2-4,9-10,14H,5-8,11-13H2,1H3,(H,17,19). The zero-order valence-corrected chi connectivity index (χ0v) is 11.8. The van der Waals surface area contributed by atoms with Gasteiger partial charge in [-0.1, -0.05) is 31.0 Å². The van der Waals surface area contributed by atoms with Crippen LogP contribution in [0.15, 0.2) is 30.3 Å². The average molecular weight is 260 g/mol. The van der Waals surface area contributed by atoms with E-state index < -0.39 is 0 Å². The van der Waals surface area contributed by atoms with Crippen LogP contribution in [0.1, 0.15) is 32.1 Å². The van der Waals surface area contributed by atoms with Crippen molar-refractivity contribution < 1.29 is 4.79 Å². The monoisotopic (exact) mass is 260 g/mol. The smallest absolute Gasteiger partial charge is 0.220 e. The van der Waals surface area contributed by atoms with E-state index in [0.29, 0.717) is 5.92 Å². The number of para-hydroxylation sites is 1. The summed E-state index contributed by atoms with van der Waals surface area (Å²) in [6, 6.07) is 10.2. The number of benzene rings is 1. The minimum atomic E-state index is 0.216. The van der Waals surface area contributed by atoms with Crippen LogP contribution in [0.25, 0.3) is 0 Å². The number of hydrogen-bond donors (Lipinski definition) is 1. The minimum absolute atomic E-state index is 0.216. The van der Waals surface area contributed by atoms with E-state index in [1.807, 2.05) is 18.2 Å². The third-order valence-electron chi connectivity index (χ3n) is 3.92. The second-order valence-electron chi connectivity index (χ2n) is 5.46. The Labute approximate surface area is 116 Å². The lowest BCUT2D eigenvalue weighted by Gasteiger charge is -2.19. The maximum Gasteiger partial charge on any atom is 0.220 e. The fraction of sp³-hybridized carbons (Fsp3) is 0.562. The molecule has 0 atom stereocenters. The van der Waals surface area contributed by atoms with Crippen molar-refractivity contribution in [1.29, 1.82) is 0 Å². The largest absolute Gasteiger partial charge is 0.373 e. The molecule has 0 radical (unpaired) electrons. The van der Waals surface area contributed by atoms with Crippen LogP contribution in [0.5, 0.6) is 0 Å². The van der Waals surface area contributed by atoms with Crippen LogP contribution >= 0.6 is 0 Å². The lowest BCUT2D eigenvalue weighted by atomic mass is 10.0. The van der Waals surface area contributed by atoms with E-state index >= 15 is 0 Å². The highest BCUT2D eigenvalue weighted by atomic mass is 16.1. The van der Waals surface area contributed by atoms with Gasteiger partial charge in [-0.05, 0) is 30.9 Å². The molecular formula is C16H24N2O. The van der Waals surface area contributed by atoms with Gasteiger partial charge in [0.15, 0.2) is 0 Å². The second-order valence-corrected chi connectivity index (χ2v) is 5.46. The number of carbonyl (C=O) groups is 1. The van der Waals surface area contributed by atoms with Crippen molar-refractivity contribution in [2.24, 2.45) is 5.92 Å². The van der Waals surface area contributed by atoms with E-state index in [1.54, 1.807) is 0 Å². The molecule has 104 valence electrons. The molecule has 1 aromatic rings. The van der Waals surface area contributed by atoms with Gasteiger partial charge in [-0.2, -0.15) is 0 Å². The van der Waals surface area contributed by atoms with Gasteiger partial charge in [0.25, 0.3) is 0 Å². The summed E-state index contributed by atoms with van der Waals surface area (Å²) in [5.41, 5.74) is 1.19. The Kier molecular flexibility index (Phi) is 5.25. The van der Waals surface area contributed by atoms with Crippen molar-refractivity contribution in [3.8, 4) is 0 Å². The number of nitrogens with zero attached hydrogens (tertiary/aromatic N) is 1. The van der Waals surface area contributed by atoms with Crippen molar-refractivity contribution >= 4 is 11.6 Å². The minimum Gasteiger partial charge on any atom is -0.373 e. The summed E-state index contributed by atoms with van der Waals surface area (Å²) in [6.07, 6.45) is 5.78. The highest BCUT2D eigenvalue weighted by Crippen LogP contribution is 2.27. The number of rotatable bonds is 6. The van der Waals surface area contributed by atoms with Gasteiger partial charge in [0.05, 0.1) is 0 Å². The van der Waals surface area contributed by atoms with Gasteiger partial charge < -0.3 is 10.2 Å². The quantitative estimate of drug-likeness (QED) is 0.853. The van der Waals surface area contributed by atoms with Crippen LogP contribution in [0.4, 0.5) is 5.69 Å². The van der Waals surface area contributed by atoms with Gasteiger partial charge in [0, 0.05) is 32.2 Å². The van der Waals surface area contributed by atoms with Crippen LogP contribution in [-0.2, 0) is 4.79 Å². The second kappa shape index (κ2) is 7.17. The molecule has 19 heavy (non-hydrogen) atoms. The lowest BCUT2D eigenvalue weighted by Crippen LogP contribution is -2.33. The Morgan fingerprint density at radius 3 is 2.63 bits per heavy atom. The van der Waals surface area contributed by atoms with Gasteiger partial charge in [0.1, 0.15) is 0 Å². The molecular weight excluding hydrogens is 236 g/mol. The Morgan fingerprint density at radius 1 is 1.26 bits per heavy atom. The predicted octanol–water partition coefficient (Wildman–Crippen LogP) is 2.82. The molecule has 0 aromatic heterocycles. The topological polar surface area (TPSA) is 32.3 Å². The molecule has 3 heteroatoms. The van der Waals surface area contributed by atoms with Crippen LogP contribution in [0.2, 0.25) is 0 Å². The highest BCUT2D eigenvalue weighted by Gasteiger charge is 2.17. The molecule has 1 aliphatic carbocycles. The molecule has 1 N–H and O–H groups in total. The van der Waals surface area contributed by atoms with Crippen molar-refractivity contribution in [2.75, 3.05) is 25.0 Å². The van der Waals surface area contributed by atoms with E-state index in [9.17, 15) is 4.79 Å². The molecule has 1 amide bonds. The molecule has 0 saturated heterocycles. The van der Waals surface area contributed by atoms with Gasteiger partial charge >= 0.3 is 0 Å². The van der Waals surface area contributed by atoms with E-state index in [1.165, 1.54) is 31.4 Å². The summed E-state index contributed by atoms with van der Waals surface area (Å²) < 4.78 is 0. The fourth-order valence-corrected chi connectivity index (χ4v) is 2.72. The Balaban J connectivity index is 1.64. The SMILES string of the molecule is CN(CCNC(=O)CC1CCCC1)c1ccccc1. The number of carbonyl (C=O) groups excluding carboxylic acids is 1. The van der Waals surface area contributed by atoms with Crippen molar-refractivity contribution in [3.05, 3.63) is 30.3 Å². The third kappa shape index (κ3) is 4.58. The Morgan fingerprint density at radius 2 is 1.95 bits per heavy atom. The number of hydrogen-bond acceptors (Lipinski definition) is 2. The molecule has 1 aromatic carbocycles. The summed E-state index contributed by atoms with van der Waals surface area (Å²) in [5, 5.41) is 3.03. The van der Waals surface area contributed by atoms with Crippen molar-refractivity contribution in [1.82, 2.24) is 5.32 Å². The Hall–Kier alpha value is -1.51. The molecule has 0 bridgehead atoms. The van der Waals surface area contributed by atoms with E-state index in [-0.39, 0.29) is 5.91 Å². The number of anilines is 1. The molecule has 0 heterocycles. The van der Waals surface area contributed by atoms with E-state index in [4.69, 9.17) is 0 Å². The summed E-state index contributed by atoms with van der Waals surface area (Å²) >= 11 is 0. The highest BCUT2D eigenvalue weighted by molar-refractivity contribution is 5.76. The van der Waals surface area contributed by atoms with Crippen molar-refractivity contribution in [3.63, 3.8) is 0 Å².